The van der Waals surface area contributed by atoms with Gasteiger partial charge in [-0.1, -0.05) is 46.7 Å². The molecule has 1 aliphatic rings. The molecule has 1 aromatic heterocycles. The molecule has 1 atom stereocenters. The van der Waals surface area contributed by atoms with E-state index in [0.29, 0.717) is 60.8 Å². The number of likely N-dealkylation sites (N-methyl/N-ethyl adjacent to an activating group) is 1. The second-order valence-electron chi connectivity index (χ2n) is 8.35. The van der Waals surface area contributed by atoms with E-state index in [0.717, 1.165) is 5.56 Å². The Bertz CT molecular complexity index is 1550. The van der Waals surface area contributed by atoms with Gasteiger partial charge in [0.05, 0.1) is 41.1 Å². The smallest absolute Gasteiger partial charge is 0.271 e. The Morgan fingerprint density at radius 3 is 2.41 bits per heavy atom. The fourth-order valence-corrected chi connectivity index (χ4v) is 5.88. The van der Waals surface area contributed by atoms with Gasteiger partial charge in [0.15, 0.2) is 16.3 Å². The number of rotatable bonds is 7. The summed E-state index contributed by atoms with van der Waals surface area (Å²) in [6.45, 7) is 6.76. The minimum Gasteiger partial charge on any atom is -0.493 e. The predicted molar refractivity (Wildman–Crippen MR) is 148 cm³/mol. The van der Waals surface area contributed by atoms with Crippen LogP contribution in [0.3, 0.4) is 0 Å². The molecule has 37 heavy (non-hydrogen) atoms. The average Bonchev–Trinajstić information content (AvgIpc) is 3.18. The van der Waals surface area contributed by atoms with Crippen LogP contribution in [0.2, 0.25) is 10.0 Å². The number of ether oxygens (including phenoxy) is 2. The maximum atomic E-state index is 13.8. The van der Waals surface area contributed by atoms with Crippen molar-refractivity contribution >= 4 is 46.5 Å². The monoisotopic (exact) mass is 559 g/mol. The molecule has 194 valence electrons. The van der Waals surface area contributed by atoms with E-state index < -0.39 is 6.04 Å². The number of carbonyl (C=O) groups excluding carboxylic acids is 1. The molecule has 4 rings (SSSR count). The van der Waals surface area contributed by atoms with Crippen LogP contribution in [0.4, 0.5) is 0 Å². The lowest BCUT2D eigenvalue weighted by molar-refractivity contribution is -0.127. The summed E-state index contributed by atoms with van der Waals surface area (Å²) in [6, 6.07) is 10.0. The normalized spacial score (nSPS) is 15.3. The second-order valence-corrected chi connectivity index (χ2v) is 10.2. The summed E-state index contributed by atoms with van der Waals surface area (Å²) in [7, 11) is 3.03. The van der Waals surface area contributed by atoms with Gasteiger partial charge >= 0.3 is 0 Å². The number of halogens is 2. The summed E-state index contributed by atoms with van der Waals surface area (Å²) in [5.41, 5.74) is 2.24. The minimum absolute atomic E-state index is 0.146. The van der Waals surface area contributed by atoms with E-state index in [9.17, 15) is 9.59 Å². The first-order valence-electron chi connectivity index (χ1n) is 11.7. The van der Waals surface area contributed by atoms with Crippen molar-refractivity contribution in [3.63, 3.8) is 0 Å². The molecule has 0 unspecified atom stereocenters. The molecule has 2 heterocycles. The third-order valence-electron chi connectivity index (χ3n) is 6.24. The van der Waals surface area contributed by atoms with E-state index in [1.807, 2.05) is 32.9 Å². The molecule has 0 N–H and O–H groups in total. The van der Waals surface area contributed by atoms with Gasteiger partial charge < -0.3 is 14.4 Å². The van der Waals surface area contributed by atoms with Gasteiger partial charge in [0.25, 0.3) is 11.5 Å². The Morgan fingerprint density at radius 2 is 1.81 bits per heavy atom. The molecular formula is C27H27Cl2N3O4S. The van der Waals surface area contributed by atoms with E-state index in [1.165, 1.54) is 25.6 Å². The highest BCUT2D eigenvalue weighted by Gasteiger charge is 2.34. The average molecular weight is 561 g/mol. The molecule has 1 aliphatic heterocycles. The number of thiazole rings is 1. The molecule has 0 saturated carbocycles. The van der Waals surface area contributed by atoms with Gasteiger partial charge in [-0.3, -0.25) is 14.2 Å². The van der Waals surface area contributed by atoms with Crippen LogP contribution in [0.1, 0.15) is 37.9 Å². The molecule has 10 heteroatoms. The molecular weight excluding hydrogens is 533 g/mol. The van der Waals surface area contributed by atoms with E-state index >= 15 is 0 Å². The molecule has 0 spiro atoms. The van der Waals surface area contributed by atoms with Crippen LogP contribution in [0.15, 0.2) is 57.5 Å². The molecule has 0 bridgehead atoms. The largest absolute Gasteiger partial charge is 0.493 e. The second kappa shape index (κ2) is 11.1. The minimum atomic E-state index is -0.641. The topological polar surface area (TPSA) is 73.1 Å². The number of fused-ring (bicyclic) bond motifs is 1. The molecule has 0 fully saturated rings. The number of hydrogen-bond donors (Lipinski definition) is 0. The maximum Gasteiger partial charge on any atom is 0.271 e. The summed E-state index contributed by atoms with van der Waals surface area (Å²) in [5.74, 6) is 0.726. The number of carbonyl (C=O) groups is 1. The van der Waals surface area contributed by atoms with Crippen molar-refractivity contribution in [2.24, 2.45) is 4.99 Å². The first kappa shape index (κ1) is 27.0. The lowest BCUT2D eigenvalue weighted by Crippen LogP contribution is -2.43. The van der Waals surface area contributed by atoms with E-state index in [4.69, 9.17) is 37.7 Å². The van der Waals surface area contributed by atoms with Crippen molar-refractivity contribution in [1.82, 2.24) is 9.47 Å². The maximum absolute atomic E-state index is 13.8. The fourth-order valence-electron chi connectivity index (χ4n) is 4.41. The zero-order chi connectivity index (χ0) is 26.9. The van der Waals surface area contributed by atoms with Gasteiger partial charge in [-0.2, -0.15) is 0 Å². The summed E-state index contributed by atoms with van der Waals surface area (Å²) < 4.78 is 12.8. The highest BCUT2D eigenvalue weighted by atomic mass is 35.5. The highest BCUT2D eigenvalue weighted by Crippen LogP contribution is 2.36. The number of amides is 1. The third-order valence-corrected chi connectivity index (χ3v) is 7.76. The molecule has 0 saturated heterocycles. The molecule has 0 aliphatic carbocycles. The zero-order valence-corrected chi connectivity index (χ0v) is 23.5. The Kier molecular flexibility index (Phi) is 8.11. The van der Waals surface area contributed by atoms with Crippen LogP contribution in [-0.2, 0) is 4.79 Å². The van der Waals surface area contributed by atoms with Gasteiger partial charge in [-0.25, -0.2) is 4.99 Å². The van der Waals surface area contributed by atoms with Crippen molar-refractivity contribution in [3.8, 4) is 11.5 Å². The van der Waals surface area contributed by atoms with Gasteiger partial charge in [-0.15, -0.1) is 0 Å². The van der Waals surface area contributed by atoms with Crippen LogP contribution in [0.5, 0.6) is 11.5 Å². The van der Waals surface area contributed by atoms with Crippen LogP contribution in [0, 0.1) is 0 Å². The molecule has 1 amide bonds. The van der Waals surface area contributed by atoms with Gasteiger partial charge in [-0.05, 0) is 62.2 Å². The van der Waals surface area contributed by atoms with Crippen molar-refractivity contribution < 1.29 is 14.3 Å². The Labute approximate surface area is 228 Å². The lowest BCUT2D eigenvalue weighted by Gasteiger charge is -2.29. The Morgan fingerprint density at radius 1 is 1.14 bits per heavy atom. The van der Waals surface area contributed by atoms with Crippen LogP contribution in [-0.4, -0.2) is 42.7 Å². The fraction of sp³-hybridized carbons (Fsp3) is 0.296. The molecule has 2 aromatic carbocycles. The van der Waals surface area contributed by atoms with Crippen LogP contribution in [0.25, 0.3) is 6.08 Å². The summed E-state index contributed by atoms with van der Waals surface area (Å²) in [5, 5.41) is 0.932. The summed E-state index contributed by atoms with van der Waals surface area (Å²) in [6.07, 6.45) is 1.74. The SMILES string of the molecule is CCN(CC)C(=O)C1=C(C)N=c2s/c(=C/c3cc(Cl)c(OC)c(OC)c3)c(=O)n2[C@H]1c1ccc(Cl)cc1. The molecule has 7 nitrogen and oxygen atoms in total. The number of methoxy groups -OCH3 is 2. The van der Waals surface area contributed by atoms with Crippen molar-refractivity contribution in [2.45, 2.75) is 26.8 Å². The number of aromatic nitrogens is 1. The summed E-state index contributed by atoms with van der Waals surface area (Å²) >= 11 is 13.8. The van der Waals surface area contributed by atoms with E-state index in [2.05, 4.69) is 0 Å². The van der Waals surface area contributed by atoms with Gasteiger partial charge in [0.2, 0.25) is 0 Å². The quantitative estimate of drug-likeness (QED) is 0.429. The van der Waals surface area contributed by atoms with E-state index in [-0.39, 0.29) is 11.5 Å². The van der Waals surface area contributed by atoms with Gasteiger partial charge in [0, 0.05) is 18.1 Å². The lowest BCUT2D eigenvalue weighted by atomic mass is 9.94. The first-order chi connectivity index (χ1) is 17.7. The molecule has 0 radical (unpaired) electrons. The Balaban J connectivity index is 1.95. The molecule has 3 aromatic rings. The standard InChI is InChI=1S/C27H27Cl2N3O4S/c1-6-31(7-2)26(34)22-15(3)30-27-32(23(22)17-8-10-18(28)11-9-17)25(33)21(37-27)14-16-12-19(29)24(36-5)20(13-16)35-4/h8-14,23H,6-7H2,1-5H3/b21-14+/t23-/m0/s1. The van der Waals surface area contributed by atoms with E-state index in [1.54, 1.807) is 39.8 Å². The first-order valence-corrected chi connectivity index (χ1v) is 13.3. The zero-order valence-electron chi connectivity index (χ0n) is 21.2. The summed E-state index contributed by atoms with van der Waals surface area (Å²) in [4.78, 5) is 34.4. The number of benzene rings is 2. The predicted octanol–water partition coefficient (Wildman–Crippen LogP) is 4.43. The number of allylic oxidation sites excluding steroid dienone is 1. The van der Waals surface area contributed by atoms with Crippen LogP contribution < -0.4 is 24.4 Å². The third kappa shape index (κ3) is 5.06. The van der Waals surface area contributed by atoms with Crippen molar-refractivity contribution in [2.75, 3.05) is 27.3 Å². The van der Waals surface area contributed by atoms with Crippen molar-refractivity contribution in [1.29, 1.82) is 0 Å². The number of nitrogens with zero attached hydrogens (tertiary/aromatic N) is 3. The van der Waals surface area contributed by atoms with Crippen LogP contribution >= 0.6 is 34.5 Å². The van der Waals surface area contributed by atoms with Gasteiger partial charge in [0.1, 0.15) is 0 Å². The highest BCUT2D eigenvalue weighted by molar-refractivity contribution is 7.07. The Hall–Kier alpha value is -3.07. The number of hydrogen-bond acceptors (Lipinski definition) is 6. The van der Waals surface area contributed by atoms with Crippen molar-refractivity contribution in [3.05, 3.63) is 88.5 Å².